The topological polar surface area (TPSA) is 9.23 Å². The zero-order valence-corrected chi connectivity index (χ0v) is 12.1. The van der Waals surface area contributed by atoms with E-state index in [9.17, 15) is 8.78 Å². The Labute approximate surface area is 103 Å². The maximum absolute atomic E-state index is 13.4. The van der Waals surface area contributed by atoms with Crippen LogP contribution in [0.15, 0.2) is 18.2 Å². The molecule has 0 amide bonds. The number of benzene rings is 1. The molecule has 17 heavy (non-hydrogen) atoms. The van der Waals surface area contributed by atoms with Crippen LogP contribution in [-0.4, -0.2) is 8.32 Å². The van der Waals surface area contributed by atoms with Crippen molar-refractivity contribution in [1.82, 2.24) is 0 Å². The fraction of sp³-hybridized carbons (Fsp3) is 0.538. The SMILES string of the molecule is CC(C)(C)[Si](C)(C)OCc1cccc(F)c1F. The Bertz CT molecular complexity index is 397. The van der Waals surface area contributed by atoms with Gasteiger partial charge in [-0.1, -0.05) is 32.9 Å². The molecular formula is C13H20F2OSi. The molecule has 0 heterocycles. The minimum absolute atomic E-state index is 0.0663. The lowest BCUT2D eigenvalue weighted by Gasteiger charge is -2.36. The van der Waals surface area contributed by atoms with Crippen LogP contribution in [0.1, 0.15) is 26.3 Å². The molecule has 0 atom stereocenters. The van der Waals surface area contributed by atoms with Crippen LogP contribution in [0, 0.1) is 11.6 Å². The molecule has 0 unspecified atom stereocenters. The van der Waals surface area contributed by atoms with Crippen molar-refractivity contribution in [3.05, 3.63) is 35.4 Å². The second kappa shape index (κ2) is 4.86. The second-order valence-electron chi connectivity index (χ2n) is 5.76. The monoisotopic (exact) mass is 258 g/mol. The molecule has 1 aromatic carbocycles. The summed E-state index contributed by atoms with van der Waals surface area (Å²) in [6.07, 6.45) is 0. The third-order valence-electron chi connectivity index (χ3n) is 3.43. The lowest BCUT2D eigenvalue weighted by Crippen LogP contribution is -2.40. The highest BCUT2D eigenvalue weighted by Gasteiger charge is 2.37. The van der Waals surface area contributed by atoms with Crippen molar-refractivity contribution in [3.8, 4) is 0 Å². The first-order valence-corrected chi connectivity index (χ1v) is 8.63. The Morgan fingerprint density at radius 2 is 1.76 bits per heavy atom. The molecular weight excluding hydrogens is 238 g/mol. The molecule has 0 bridgehead atoms. The average Bonchev–Trinajstić information content (AvgIpc) is 2.18. The Hall–Kier alpha value is -0.743. The number of hydrogen-bond donors (Lipinski definition) is 0. The molecule has 4 heteroatoms. The van der Waals surface area contributed by atoms with Gasteiger partial charge in [-0.25, -0.2) is 8.78 Å². The van der Waals surface area contributed by atoms with E-state index in [2.05, 4.69) is 33.9 Å². The molecule has 96 valence electrons. The molecule has 0 spiro atoms. The molecule has 0 aromatic heterocycles. The molecule has 0 aliphatic carbocycles. The van der Waals surface area contributed by atoms with E-state index in [-0.39, 0.29) is 17.2 Å². The van der Waals surface area contributed by atoms with Crippen molar-refractivity contribution in [2.75, 3.05) is 0 Å². The van der Waals surface area contributed by atoms with Gasteiger partial charge in [0.15, 0.2) is 20.0 Å². The Morgan fingerprint density at radius 3 is 2.29 bits per heavy atom. The fourth-order valence-electron chi connectivity index (χ4n) is 1.13. The van der Waals surface area contributed by atoms with Crippen molar-refractivity contribution in [1.29, 1.82) is 0 Å². The van der Waals surface area contributed by atoms with Gasteiger partial charge in [0.2, 0.25) is 0 Å². The summed E-state index contributed by atoms with van der Waals surface area (Å²) in [4.78, 5) is 0. The summed E-state index contributed by atoms with van der Waals surface area (Å²) in [6, 6.07) is 4.18. The Balaban J connectivity index is 2.78. The van der Waals surface area contributed by atoms with Crippen molar-refractivity contribution in [3.63, 3.8) is 0 Å². The van der Waals surface area contributed by atoms with Gasteiger partial charge in [0.25, 0.3) is 0 Å². The van der Waals surface area contributed by atoms with Crippen LogP contribution >= 0.6 is 0 Å². The molecule has 0 aliphatic heterocycles. The minimum Gasteiger partial charge on any atom is -0.412 e. The van der Waals surface area contributed by atoms with Crippen LogP contribution in [0.3, 0.4) is 0 Å². The van der Waals surface area contributed by atoms with Gasteiger partial charge in [0.05, 0.1) is 6.61 Å². The van der Waals surface area contributed by atoms with E-state index in [0.717, 1.165) is 6.07 Å². The smallest absolute Gasteiger partial charge is 0.192 e. The van der Waals surface area contributed by atoms with Gasteiger partial charge in [0, 0.05) is 5.56 Å². The maximum atomic E-state index is 13.4. The van der Waals surface area contributed by atoms with E-state index in [1.807, 2.05) is 0 Å². The van der Waals surface area contributed by atoms with Crippen LogP contribution in [0.4, 0.5) is 8.78 Å². The van der Waals surface area contributed by atoms with Crippen molar-refractivity contribution >= 4 is 8.32 Å². The van der Waals surface area contributed by atoms with Gasteiger partial charge >= 0.3 is 0 Å². The predicted molar refractivity (Wildman–Crippen MR) is 68.3 cm³/mol. The van der Waals surface area contributed by atoms with Crippen molar-refractivity contribution in [2.24, 2.45) is 0 Å². The second-order valence-corrected chi connectivity index (χ2v) is 10.6. The normalized spacial score (nSPS) is 12.9. The highest BCUT2D eigenvalue weighted by Crippen LogP contribution is 2.37. The van der Waals surface area contributed by atoms with Crippen LogP contribution in [-0.2, 0) is 11.0 Å². The number of rotatable bonds is 3. The first-order valence-electron chi connectivity index (χ1n) is 5.72. The predicted octanol–water partition coefficient (Wildman–Crippen LogP) is 4.49. The zero-order valence-electron chi connectivity index (χ0n) is 11.1. The van der Waals surface area contributed by atoms with E-state index in [1.54, 1.807) is 6.07 Å². The number of hydrogen-bond acceptors (Lipinski definition) is 1. The van der Waals surface area contributed by atoms with Gasteiger partial charge in [-0.3, -0.25) is 0 Å². The van der Waals surface area contributed by atoms with Gasteiger partial charge < -0.3 is 4.43 Å². The van der Waals surface area contributed by atoms with Crippen LogP contribution in [0.2, 0.25) is 18.1 Å². The van der Waals surface area contributed by atoms with Crippen LogP contribution in [0.5, 0.6) is 0 Å². The lowest BCUT2D eigenvalue weighted by atomic mass is 10.2. The first-order chi connectivity index (χ1) is 7.65. The van der Waals surface area contributed by atoms with Gasteiger partial charge in [-0.2, -0.15) is 0 Å². The molecule has 0 saturated heterocycles. The van der Waals surface area contributed by atoms with Crippen LogP contribution < -0.4 is 0 Å². The zero-order chi connectivity index (χ0) is 13.3. The summed E-state index contributed by atoms with van der Waals surface area (Å²) >= 11 is 0. The van der Waals surface area contributed by atoms with Crippen molar-refractivity contribution < 1.29 is 13.2 Å². The summed E-state index contributed by atoms with van der Waals surface area (Å²) < 4.78 is 32.3. The summed E-state index contributed by atoms with van der Waals surface area (Å²) in [6.45, 7) is 10.7. The van der Waals surface area contributed by atoms with Crippen LogP contribution in [0.25, 0.3) is 0 Å². The molecule has 1 aromatic rings. The number of halogens is 2. The van der Waals surface area contributed by atoms with Gasteiger partial charge in [-0.15, -0.1) is 0 Å². The van der Waals surface area contributed by atoms with Gasteiger partial charge in [0.1, 0.15) is 0 Å². The van der Waals surface area contributed by atoms with Gasteiger partial charge in [-0.05, 0) is 24.2 Å². The van der Waals surface area contributed by atoms with E-state index < -0.39 is 20.0 Å². The molecule has 0 fully saturated rings. The van der Waals surface area contributed by atoms with Crippen molar-refractivity contribution in [2.45, 2.75) is 45.5 Å². The summed E-state index contributed by atoms with van der Waals surface area (Å²) in [5, 5.41) is 0.0663. The van der Waals surface area contributed by atoms with E-state index in [1.165, 1.54) is 6.07 Å². The molecule has 1 nitrogen and oxygen atoms in total. The quantitative estimate of drug-likeness (QED) is 0.726. The van der Waals surface area contributed by atoms with E-state index in [4.69, 9.17) is 4.43 Å². The highest BCUT2D eigenvalue weighted by atomic mass is 28.4. The average molecular weight is 258 g/mol. The summed E-state index contributed by atoms with van der Waals surface area (Å²) in [5.74, 6) is -1.62. The minimum atomic E-state index is -1.92. The largest absolute Gasteiger partial charge is 0.412 e. The van der Waals surface area contributed by atoms with E-state index >= 15 is 0 Å². The maximum Gasteiger partial charge on any atom is 0.192 e. The molecule has 0 N–H and O–H groups in total. The lowest BCUT2D eigenvalue weighted by molar-refractivity contribution is 0.269. The molecule has 0 saturated carbocycles. The van der Waals surface area contributed by atoms with E-state index in [0.29, 0.717) is 0 Å². The third-order valence-corrected chi connectivity index (χ3v) is 7.90. The summed E-state index contributed by atoms with van der Waals surface area (Å²) in [5.41, 5.74) is 0.287. The first kappa shape index (κ1) is 14.3. The molecule has 1 rings (SSSR count). The molecule has 0 radical (unpaired) electrons. The third kappa shape index (κ3) is 3.36. The Kier molecular flexibility index (Phi) is 4.09. The highest BCUT2D eigenvalue weighted by molar-refractivity contribution is 6.74. The standard InChI is InChI=1S/C13H20F2OSi/c1-13(2,3)17(4,5)16-9-10-7-6-8-11(14)12(10)15/h6-8H,9H2,1-5H3. The Morgan fingerprint density at radius 1 is 1.18 bits per heavy atom. The fourth-order valence-corrected chi connectivity index (χ4v) is 2.08. The molecule has 0 aliphatic rings. The summed E-state index contributed by atoms with van der Waals surface area (Å²) in [7, 11) is -1.92.